The minimum Gasteiger partial charge on any atom is -0.495 e. The molecule has 2 amide bonds. The quantitative estimate of drug-likeness (QED) is 0.112. The molecule has 4 fully saturated rings. The van der Waals surface area contributed by atoms with Crippen LogP contribution in [0.25, 0.3) is 23.5 Å². The smallest absolute Gasteiger partial charge is 0.250 e. The highest BCUT2D eigenvalue weighted by Gasteiger charge is 2.43. The van der Waals surface area contributed by atoms with Gasteiger partial charge < -0.3 is 28.4 Å². The van der Waals surface area contributed by atoms with E-state index in [0.29, 0.717) is 46.6 Å². The number of hydrogen-bond donors (Lipinski definition) is 0. The van der Waals surface area contributed by atoms with Crippen molar-refractivity contribution >= 4 is 24.0 Å². The molecule has 0 radical (unpaired) electrons. The zero-order valence-electron chi connectivity index (χ0n) is 37.2. The Kier molecular flexibility index (Phi) is 12.4. The Labute approximate surface area is 380 Å². The Bertz CT molecular complexity index is 2690. The summed E-state index contributed by atoms with van der Waals surface area (Å²) in [5, 5.41) is 0. The van der Waals surface area contributed by atoms with E-state index in [0.717, 1.165) is 84.5 Å². The zero-order chi connectivity index (χ0) is 46.2. The van der Waals surface area contributed by atoms with Gasteiger partial charge >= 0.3 is 0 Å². The van der Waals surface area contributed by atoms with Gasteiger partial charge in [0.1, 0.15) is 11.5 Å². The summed E-state index contributed by atoms with van der Waals surface area (Å²) in [5.74, 6) is -2.21. The molecule has 4 atom stereocenters. The highest BCUT2D eigenvalue weighted by molar-refractivity contribution is 6.00. The van der Waals surface area contributed by atoms with Crippen LogP contribution in [-0.4, -0.2) is 67.0 Å². The lowest BCUT2D eigenvalue weighted by molar-refractivity contribution is -0.132. The van der Waals surface area contributed by atoms with E-state index in [-0.39, 0.29) is 36.0 Å². The molecule has 10 rings (SSSR count). The molecule has 4 aliphatic heterocycles. The third-order valence-corrected chi connectivity index (χ3v) is 13.2. The lowest BCUT2D eigenvalue weighted by atomic mass is 9.95. The van der Waals surface area contributed by atoms with Crippen molar-refractivity contribution in [1.29, 1.82) is 0 Å². The summed E-state index contributed by atoms with van der Waals surface area (Å²) in [6.07, 6.45) is 17.5. The van der Waals surface area contributed by atoms with Gasteiger partial charge in [0.2, 0.25) is 0 Å². The Hall–Kier alpha value is -6.96. The summed E-state index contributed by atoms with van der Waals surface area (Å²) in [4.78, 5) is 39.1. The molecular formula is C52H50F4N6O4. The van der Waals surface area contributed by atoms with Gasteiger partial charge in [0, 0.05) is 35.6 Å². The Morgan fingerprint density at radius 1 is 0.545 bits per heavy atom. The van der Waals surface area contributed by atoms with E-state index in [1.165, 1.54) is 12.1 Å². The number of aryl methyl sites for hydroxylation is 2. The first-order chi connectivity index (χ1) is 31.9. The number of nitrogens with zero attached hydrogens (tertiary/aromatic N) is 6. The normalized spacial score (nSPS) is 21.5. The van der Waals surface area contributed by atoms with E-state index in [2.05, 4.69) is 9.97 Å². The number of benzene rings is 4. The molecule has 2 aromatic heterocycles. The highest BCUT2D eigenvalue weighted by atomic mass is 19.2. The number of imidazole rings is 2. The summed E-state index contributed by atoms with van der Waals surface area (Å²) in [5.41, 5.74) is 8.03. The van der Waals surface area contributed by atoms with Gasteiger partial charge in [-0.05, 0) is 148 Å². The largest absolute Gasteiger partial charge is 0.495 e. The van der Waals surface area contributed by atoms with Crippen molar-refractivity contribution in [2.75, 3.05) is 14.2 Å². The van der Waals surface area contributed by atoms with Crippen LogP contribution in [0.4, 0.5) is 17.6 Å². The van der Waals surface area contributed by atoms with Gasteiger partial charge in [0.25, 0.3) is 11.8 Å². The van der Waals surface area contributed by atoms with Crippen molar-refractivity contribution in [3.05, 3.63) is 166 Å². The maximum absolute atomic E-state index is 13.8. The second kappa shape index (κ2) is 18.5. The molecule has 66 heavy (non-hydrogen) atoms. The van der Waals surface area contributed by atoms with Crippen molar-refractivity contribution in [3.8, 4) is 22.9 Å². The number of hydrogen-bond acceptors (Lipinski definition) is 6. The first kappa shape index (κ1) is 44.3. The third-order valence-electron chi connectivity index (χ3n) is 13.2. The molecule has 0 spiro atoms. The van der Waals surface area contributed by atoms with Crippen LogP contribution in [-0.2, 0) is 9.59 Å². The number of amides is 2. The van der Waals surface area contributed by atoms with Gasteiger partial charge in [-0.3, -0.25) is 9.59 Å². The number of fused-ring (bicyclic) bond motifs is 2. The Morgan fingerprint density at radius 3 is 1.33 bits per heavy atom. The predicted octanol–water partition coefficient (Wildman–Crippen LogP) is 10.8. The van der Waals surface area contributed by atoms with E-state index in [1.54, 1.807) is 39.0 Å². The van der Waals surface area contributed by atoms with Crippen LogP contribution >= 0.6 is 0 Å². The molecular weight excluding hydrogens is 849 g/mol. The van der Waals surface area contributed by atoms with E-state index < -0.39 is 23.3 Å². The van der Waals surface area contributed by atoms with E-state index in [1.807, 2.05) is 93.7 Å². The van der Waals surface area contributed by atoms with Crippen molar-refractivity contribution < 1.29 is 36.6 Å². The molecule has 0 N–H and O–H groups in total. The predicted molar refractivity (Wildman–Crippen MR) is 242 cm³/mol. The number of carbonyl (C=O) groups excluding carboxylic acids is 2. The molecule has 0 aliphatic carbocycles. The van der Waals surface area contributed by atoms with Crippen molar-refractivity contribution in [2.45, 2.75) is 89.4 Å². The molecule has 0 unspecified atom stereocenters. The fraction of sp³-hybridized carbons (Fsp3) is 0.308. The van der Waals surface area contributed by atoms with E-state index in [4.69, 9.17) is 9.47 Å². The summed E-state index contributed by atoms with van der Waals surface area (Å²) in [6, 6.07) is 19.3. The highest BCUT2D eigenvalue weighted by Crippen LogP contribution is 2.44. The van der Waals surface area contributed by atoms with Crippen LogP contribution in [0.1, 0.15) is 97.1 Å². The summed E-state index contributed by atoms with van der Waals surface area (Å²) in [7, 11) is 3.24. The Morgan fingerprint density at radius 2 is 0.970 bits per heavy atom. The van der Waals surface area contributed by atoms with Gasteiger partial charge in [-0.15, -0.1) is 0 Å². The first-order valence-electron chi connectivity index (χ1n) is 22.2. The second-order valence-corrected chi connectivity index (χ2v) is 17.4. The maximum atomic E-state index is 13.8. The fourth-order valence-corrected chi connectivity index (χ4v) is 10.0. The molecule has 6 heterocycles. The lowest BCUT2D eigenvalue weighted by Gasteiger charge is -2.35. The van der Waals surface area contributed by atoms with E-state index >= 15 is 0 Å². The average Bonchev–Trinajstić information content (AvgIpc) is 4.15. The Balaban J connectivity index is 0.000000166. The summed E-state index contributed by atoms with van der Waals surface area (Å²) < 4.78 is 69.5. The average molecular weight is 899 g/mol. The van der Waals surface area contributed by atoms with Crippen molar-refractivity contribution in [3.63, 3.8) is 0 Å². The molecule has 0 saturated carbocycles. The van der Waals surface area contributed by atoms with Gasteiger partial charge in [-0.25, -0.2) is 27.5 Å². The van der Waals surface area contributed by atoms with Crippen LogP contribution in [0.2, 0.25) is 0 Å². The molecule has 6 aromatic rings. The van der Waals surface area contributed by atoms with Crippen LogP contribution in [0, 0.1) is 37.1 Å². The molecule has 0 bridgehead atoms. The van der Waals surface area contributed by atoms with Gasteiger partial charge in [-0.2, -0.15) is 0 Å². The summed E-state index contributed by atoms with van der Waals surface area (Å²) in [6.45, 7) is 3.85. The number of halogens is 4. The fourth-order valence-electron chi connectivity index (χ4n) is 10.0. The van der Waals surface area contributed by atoms with Gasteiger partial charge in [0.15, 0.2) is 23.3 Å². The standard InChI is InChI=1S/2C26H25F2N3O2/c2*1-16-14-30(15-29-16)24-9-3-17(12-25(24)33-2)11-19-4-6-20-7-10-23(31(20)26(19)32)18-5-8-21(27)22(28)13-18/h2*3,5,8-9,11-15,20,23H,4,6-7,10H2,1-2H3/b2*19-11+/t2*20-,23-/m10/s1. The zero-order valence-corrected chi connectivity index (χ0v) is 37.2. The third kappa shape index (κ3) is 8.76. The van der Waals surface area contributed by atoms with Crippen LogP contribution in [0.5, 0.6) is 11.5 Å². The summed E-state index contributed by atoms with van der Waals surface area (Å²) >= 11 is 0. The molecule has 340 valence electrons. The number of ether oxygens (including phenoxy) is 2. The van der Waals surface area contributed by atoms with Gasteiger partial charge in [0.05, 0.1) is 61.7 Å². The number of methoxy groups -OCH3 is 2. The minimum absolute atomic E-state index is 0.0354. The molecule has 4 aromatic carbocycles. The van der Waals surface area contributed by atoms with Crippen molar-refractivity contribution in [1.82, 2.24) is 28.9 Å². The van der Waals surface area contributed by atoms with Crippen LogP contribution < -0.4 is 9.47 Å². The first-order valence-corrected chi connectivity index (χ1v) is 22.2. The molecule has 14 heteroatoms. The second-order valence-electron chi connectivity index (χ2n) is 17.4. The SMILES string of the molecule is COc1cc(/C=C2\CC[C@@H]3CC[C@H](c4ccc(F)c(F)c4)N3C2=O)ccc1-n1cnc(C)c1.COc1cc(/C=C2\CC[C@H]3CC[C@@H](c4ccc(F)c(F)c4)N3C2=O)ccc1-n1cnc(C)c1. The van der Waals surface area contributed by atoms with Crippen LogP contribution in [0.15, 0.2) is 109 Å². The monoisotopic (exact) mass is 898 g/mol. The molecule has 4 saturated heterocycles. The number of carbonyl (C=O) groups is 2. The topological polar surface area (TPSA) is 94.7 Å². The number of rotatable bonds is 8. The maximum Gasteiger partial charge on any atom is 0.250 e. The molecule has 4 aliphatic rings. The van der Waals surface area contributed by atoms with Crippen LogP contribution in [0.3, 0.4) is 0 Å². The van der Waals surface area contributed by atoms with Gasteiger partial charge in [-0.1, -0.05) is 24.3 Å². The minimum atomic E-state index is -0.878. The van der Waals surface area contributed by atoms with E-state index in [9.17, 15) is 27.2 Å². The number of aromatic nitrogens is 4. The number of piperidine rings is 2. The molecule has 10 nitrogen and oxygen atoms in total. The lowest BCUT2D eigenvalue weighted by Crippen LogP contribution is -2.41. The van der Waals surface area contributed by atoms with Crippen molar-refractivity contribution in [2.24, 2.45) is 0 Å².